The fourth-order valence-electron chi connectivity index (χ4n) is 0.814. The van der Waals surface area contributed by atoms with Crippen molar-refractivity contribution < 1.29 is 0 Å². The second-order valence-electron chi connectivity index (χ2n) is 2.45. The fourth-order valence-corrected chi connectivity index (χ4v) is 2.75. The lowest BCUT2D eigenvalue weighted by Crippen LogP contribution is -1.96. The lowest BCUT2D eigenvalue weighted by atomic mass is 10.3. The summed E-state index contributed by atoms with van der Waals surface area (Å²) in [4.78, 5) is 0. The minimum Gasteiger partial charge on any atom is -0.276 e. The van der Waals surface area contributed by atoms with Crippen molar-refractivity contribution in [3.05, 3.63) is 25.3 Å². The summed E-state index contributed by atoms with van der Waals surface area (Å²) in [5, 5.41) is 20.6. The Labute approximate surface area is 114 Å². The lowest BCUT2D eigenvalue weighted by molar-refractivity contribution is 1.33. The van der Waals surface area contributed by atoms with Gasteiger partial charge in [-0.1, -0.05) is 0 Å². The van der Waals surface area contributed by atoms with Crippen LogP contribution in [0.2, 0.25) is 0 Å². The summed E-state index contributed by atoms with van der Waals surface area (Å²) in [7, 11) is 0. The van der Waals surface area contributed by atoms with Crippen molar-refractivity contribution in [2.24, 2.45) is 5.10 Å². The molecular formula is C9H4I2N4. The highest BCUT2D eigenvalue weighted by atomic mass is 127. The number of benzene rings is 1. The van der Waals surface area contributed by atoms with Gasteiger partial charge in [0.25, 0.3) is 0 Å². The summed E-state index contributed by atoms with van der Waals surface area (Å²) in [6.07, 6.45) is 0. The third-order valence-electron chi connectivity index (χ3n) is 1.37. The van der Waals surface area contributed by atoms with E-state index in [2.05, 4.69) is 55.7 Å². The Morgan fingerprint density at radius 3 is 2.13 bits per heavy atom. The minimum absolute atomic E-state index is 0.191. The molecule has 0 aliphatic carbocycles. The largest absolute Gasteiger partial charge is 0.276 e. The van der Waals surface area contributed by atoms with Crippen molar-refractivity contribution in [3.63, 3.8) is 0 Å². The first-order valence-electron chi connectivity index (χ1n) is 3.75. The van der Waals surface area contributed by atoms with E-state index in [0.717, 1.165) is 12.8 Å². The number of anilines is 1. The zero-order valence-electron chi connectivity index (χ0n) is 7.33. The molecule has 0 aromatic heterocycles. The van der Waals surface area contributed by atoms with Crippen LogP contribution in [0.15, 0.2) is 23.3 Å². The van der Waals surface area contributed by atoms with E-state index in [1.54, 1.807) is 12.1 Å². The maximum Gasteiger partial charge on any atom is 0.237 e. The van der Waals surface area contributed by atoms with E-state index in [-0.39, 0.29) is 5.71 Å². The molecule has 0 radical (unpaired) electrons. The number of hydrazone groups is 1. The Morgan fingerprint density at radius 2 is 1.67 bits per heavy atom. The molecule has 0 amide bonds. The van der Waals surface area contributed by atoms with Gasteiger partial charge in [0, 0.05) is 7.14 Å². The second kappa shape index (κ2) is 5.88. The molecule has 0 heterocycles. The van der Waals surface area contributed by atoms with Crippen LogP contribution in [-0.4, -0.2) is 5.71 Å². The van der Waals surface area contributed by atoms with Crippen molar-refractivity contribution in [1.29, 1.82) is 10.5 Å². The van der Waals surface area contributed by atoms with Crippen molar-refractivity contribution in [1.82, 2.24) is 0 Å². The van der Waals surface area contributed by atoms with Crippen molar-refractivity contribution >= 4 is 56.6 Å². The van der Waals surface area contributed by atoms with Crippen LogP contribution in [0.1, 0.15) is 0 Å². The van der Waals surface area contributed by atoms with E-state index in [4.69, 9.17) is 10.5 Å². The fraction of sp³-hybridized carbons (Fsp3) is 0. The van der Waals surface area contributed by atoms with Gasteiger partial charge in [-0.3, -0.25) is 5.43 Å². The highest BCUT2D eigenvalue weighted by Gasteiger charge is 1.97. The van der Waals surface area contributed by atoms with Gasteiger partial charge in [0.15, 0.2) is 0 Å². The summed E-state index contributed by atoms with van der Waals surface area (Å²) in [6.45, 7) is 0. The Kier molecular flexibility index (Phi) is 4.78. The monoisotopic (exact) mass is 422 g/mol. The quantitative estimate of drug-likeness (QED) is 0.453. The van der Waals surface area contributed by atoms with Gasteiger partial charge in [0.1, 0.15) is 12.1 Å². The minimum atomic E-state index is -0.191. The van der Waals surface area contributed by atoms with Gasteiger partial charge in [-0.05, 0) is 63.4 Å². The second-order valence-corrected chi connectivity index (χ2v) is 4.95. The molecule has 6 heteroatoms. The Bertz CT molecular complexity index is 446. The molecule has 1 N–H and O–H groups in total. The molecule has 1 aromatic carbocycles. The molecule has 0 aliphatic rings. The van der Waals surface area contributed by atoms with Crippen molar-refractivity contribution in [2.75, 3.05) is 5.43 Å². The van der Waals surface area contributed by atoms with E-state index in [1.807, 2.05) is 18.2 Å². The molecule has 0 bridgehead atoms. The number of hydrogen-bond donors (Lipinski definition) is 1. The molecule has 4 nitrogen and oxygen atoms in total. The maximum absolute atomic E-state index is 8.47. The summed E-state index contributed by atoms with van der Waals surface area (Å²) in [6, 6.07) is 9.10. The molecule has 0 atom stereocenters. The van der Waals surface area contributed by atoms with Gasteiger partial charge in [-0.25, -0.2) is 0 Å². The van der Waals surface area contributed by atoms with Crippen LogP contribution < -0.4 is 5.43 Å². The SMILES string of the molecule is N#CC(C#N)=NNc1cc(I)cc(I)c1. The van der Waals surface area contributed by atoms with Crippen LogP contribution in [-0.2, 0) is 0 Å². The van der Waals surface area contributed by atoms with E-state index in [1.165, 1.54) is 0 Å². The Balaban J connectivity index is 2.88. The van der Waals surface area contributed by atoms with E-state index in [9.17, 15) is 0 Å². The van der Waals surface area contributed by atoms with Gasteiger partial charge in [-0.2, -0.15) is 15.6 Å². The Morgan fingerprint density at radius 1 is 1.13 bits per heavy atom. The maximum atomic E-state index is 8.47. The molecule has 0 aliphatic heterocycles. The topological polar surface area (TPSA) is 72.0 Å². The summed E-state index contributed by atoms with van der Waals surface area (Å²) < 4.78 is 2.13. The zero-order chi connectivity index (χ0) is 11.3. The van der Waals surface area contributed by atoms with Crippen LogP contribution in [0.25, 0.3) is 0 Å². The van der Waals surface area contributed by atoms with E-state index < -0.39 is 0 Å². The molecule has 0 spiro atoms. The van der Waals surface area contributed by atoms with Crippen molar-refractivity contribution in [3.8, 4) is 12.1 Å². The smallest absolute Gasteiger partial charge is 0.237 e. The standard InChI is InChI=1S/C9H4I2N4/c10-6-1-7(11)3-8(2-6)14-15-9(4-12)5-13/h1-3,14H. The van der Waals surface area contributed by atoms with Crippen LogP contribution in [0.5, 0.6) is 0 Å². The number of halogens is 2. The average molecular weight is 422 g/mol. The summed E-state index contributed by atoms with van der Waals surface area (Å²) in [5.41, 5.74) is 3.23. The molecule has 15 heavy (non-hydrogen) atoms. The Hall–Kier alpha value is -0.870. The van der Waals surface area contributed by atoms with Crippen LogP contribution in [0, 0.1) is 29.8 Å². The first kappa shape index (κ1) is 12.2. The van der Waals surface area contributed by atoms with Gasteiger partial charge in [-0.15, -0.1) is 0 Å². The van der Waals surface area contributed by atoms with E-state index in [0.29, 0.717) is 0 Å². The lowest BCUT2D eigenvalue weighted by Gasteiger charge is -2.01. The van der Waals surface area contributed by atoms with Gasteiger partial charge < -0.3 is 0 Å². The van der Waals surface area contributed by atoms with Crippen LogP contribution >= 0.6 is 45.2 Å². The first-order chi connectivity index (χ1) is 7.15. The summed E-state index contributed by atoms with van der Waals surface area (Å²) >= 11 is 4.37. The van der Waals surface area contributed by atoms with Gasteiger partial charge >= 0.3 is 0 Å². The van der Waals surface area contributed by atoms with Crippen LogP contribution in [0.4, 0.5) is 5.69 Å². The third-order valence-corrected chi connectivity index (χ3v) is 2.62. The van der Waals surface area contributed by atoms with Crippen molar-refractivity contribution in [2.45, 2.75) is 0 Å². The molecule has 1 rings (SSSR count). The van der Waals surface area contributed by atoms with E-state index >= 15 is 0 Å². The molecule has 0 fully saturated rings. The number of nitrogens with one attached hydrogen (secondary N) is 1. The number of nitrogens with zero attached hydrogens (tertiary/aromatic N) is 3. The predicted octanol–water partition coefficient (Wildman–Crippen LogP) is 2.71. The normalized spacial score (nSPS) is 8.53. The number of rotatable bonds is 2. The zero-order valence-corrected chi connectivity index (χ0v) is 11.6. The predicted molar refractivity (Wildman–Crippen MR) is 74.2 cm³/mol. The third kappa shape index (κ3) is 4.01. The highest BCUT2D eigenvalue weighted by molar-refractivity contribution is 14.1. The molecule has 0 saturated carbocycles. The molecule has 74 valence electrons. The molecule has 0 saturated heterocycles. The molecule has 1 aromatic rings. The molecule has 0 unspecified atom stereocenters. The molecular weight excluding hydrogens is 418 g/mol. The first-order valence-corrected chi connectivity index (χ1v) is 5.91. The van der Waals surface area contributed by atoms with Gasteiger partial charge in [0.2, 0.25) is 5.71 Å². The van der Waals surface area contributed by atoms with Crippen LogP contribution in [0.3, 0.4) is 0 Å². The average Bonchev–Trinajstić information content (AvgIpc) is 2.18. The summed E-state index contributed by atoms with van der Waals surface area (Å²) in [5.74, 6) is 0. The number of nitriles is 2. The highest BCUT2D eigenvalue weighted by Crippen LogP contribution is 2.17. The van der Waals surface area contributed by atoms with Gasteiger partial charge in [0.05, 0.1) is 5.69 Å². The number of hydrogen-bond acceptors (Lipinski definition) is 4.